The number of rotatable bonds is 1. The Bertz CT molecular complexity index is 485. The molecule has 0 aromatic carbocycles. The summed E-state index contributed by atoms with van der Waals surface area (Å²) in [6.45, 7) is -0.218. The molecule has 4 nitrogen and oxygen atoms in total. The molecule has 0 bridgehead atoms. The number of nitrogens with zero attached hydrogens (tertiary/aromatic N) is 1. The molecule has 0 aliphatic heterocycles. The zero-order chi connectivity index (χ0) is 9.26. The van der Waals surface area contributed by atoms with Crippen molar-refractivity contribution in [3.8, 4) is 0 Å². The Balaban J connectivity index is 2.95. The Morgan fingerprint density at radius 2 is 2.31 bits per heavy atom. The van der Waals surface area contributed by atoms with Gasteiger partial charge in [0.1, 0.15) is 0 Å². The predicted molar refractivity (Wildman–Crippen MR) is 48.3 cm³/mol. The first kappa shape index (κ1) is 7.94. The Hall–Kier alpha value is -1.68. The van der Waals surface area contributed by atoms with Crippen LogP contribution in [0.25, 0.3) is 10.9 Å². The third-order valence-electron chi connectivity index (χ3n) is 1.90. The molecule has 2 N–H and O–H groups in total. The van der Waals surface area contributed by atoms with Crippen molar-refractivity contribution < 1.29 is 5.11 Å². The molecule has 2 heterocycles. The second-order valence-corrected chi connectivity index (χ2v) is 2.68. The van der Waals surface area contributed by atoms with Crippen molar-refractivity contribution in [3.63, 3.8) is 0 Å². The van der Waals surface area contributed by atoms with Gasteiger partial charge >= 0.3 is 0 Å². The van der Waals surface area contributed by atoms with Gasteiger partial charge in [-0.3, -0.25) is 9.78 Å². The molecular formula is C9H8N2O2. The molecule has 0 aliphatic rings. The summed E-state index contributed by atoms with van der Waals surface area (Å²) in [5, 5.41) is 9.41. The lowest BCUT2D eigenvalue weighted by molar-refractivity contribution is 0.278. The minimum Gasteiger partial charge on any atom is -0.390 e. The van der Waals surface area contributed by atoms with E-state index >= 15 is 0 Å². The first-order chi connectivity index (χ1) is 6.33. The highest BCUT2D eigenvalue weighted by atomic mass is 16.3. The number of nitrogens with one attached hydrogen (secondary N) is 1. The lowest BCUT2D eigenvalue weighted by Crippen LogP contribution is -2.05. The summed E-state index contributed by atoms with van der Waals surface area (Å²) >= 11 is 0. The molecule has 13 heavy (non-hydrogen) atoms. The molecule has 0 spiro atoms. The van der Waals surface area contributed by atoms with Gasteiger partial charge in [-0.25, -0.2) is 0 Å². The van der Waals surface area contributed by atoms with Crippen LogP contribution in [0.4, 0.5) is 0 Å². The maximum atomic E-state index is 11.4. The standard InChI is InChI=1S/C9H8N2O2/c12-5-7-9-6(1-3-11-7)10-4-2-8(9)13/h1-4,12H,5H2,(H,10,13). The molecule has 0 aliphatic carbocycles. The Kier molecular flexibility index (Phi) is 1.83. The maximum absolute atomic E-state index is 11.4. The number of aliphatic hydroxyl groups is 1. The highest BCUT2D eigenvalue weighted by Crippen LogP contribution is 2.08. The molecule has 66 valence electrons. The Labute approximate surface area is 73.9 Å². The number of hydrogen-bond acceptors (Lipinski definition) is 3. The zero-order valence-electron chi connectivity index (χ0n) is 6.82. The van der Waals surface area contributed by atoms with Gasteiger partial charge in [0.2, 0.25) is 0 Å². The van der Waals surface area contributed by atoms with E-state index in [0.29, 0.717) is 16.6 Å². The maximum Gasteiger partial charge on any atom is 0.191 e. The summed E-state index contributed by atoms with van der Waals surface area (Å²) < 4.78 is 0. The van der Waals surface area contributed by atoms with E-state index in [-0.39, 0.29) is 12.0 Å². The van der Waals surface area contributed by atoms with Crippen LogP contribution in [0.15, 0.2) is 29.3 Å². The van der Waals surface area contributed by atoms with Crippen LogP contribution in [0, 0.1) is 0 Å². The van der Waals surface area contributed by atoms with Crippen LogP contribution in [0.1, 0.15) is 5.69 Å². The fraction of sp³-hybridized carbons (Fsp3) is 0.111. The number of hydrogen-bond donors (Lipinski definition) is 2. The second-order valence-electron chi connectivity index (χ2n) is 2.68. The number of aromatic amines is 1. The van der Waals surface area contributed by atoms with Crippen molar-refractivity contribution in [2.45, 2.75) is 6.61 Å². The van der Waals surface area contributed by atoms with Crippen LogP contribution in [0.3, 0.4) is 0 Å². The largest absolute Gasteiger partial charge is 0.390 e. The van der Waals surface area contributed by atoms with Gasteiger partial charge in [0.15, 0.2) is 5.43 Å². The van der Waals surface area contributed by atoms with E-state index in [1.165, 1.54) is 6.07 Å². The van der Waals surface area contributed by atoms with Crippen molar-refractivity contribution in [3.05, 3.63) is 40.4 Å². The van der Waals surface area contributed by atoms with E-state index in [1.807, 2.05) is 0 Å². The highest BCUT2D eigenvalue weighted by molar-refractivity contribution is 5.79. The quantitative estimate of drug-likeness (QED) is 0.661. The van der Waals surface area contributed by atoms with E-state index in [1.54, 1.807) is 18.5 Å². The zero-order valence-corrected chi connectivity index (χ0v) is 6.82. The number of fused-ring (bicyclic) bond motifs is 1. The number of aliphatic hydroxyl groups excluding tert-OH is 1. The molecule has 2 aromatic heterocycles. The average molecular weight is 176 g/mol. The van der Waals surface area contributed by atoms with Gasteiger partial charge in [-0.2, -0.15) is 0 Å². The van der Waals surface area contributed by atoms with Crippen molar-refractivity contribution in [2.24, 2.45) is 0 Å². The van der Waals surface area contributed by atoms with Crippen LogP contribution in [-0.2, 0) is 6.61 Å². The van der Waals surface area contributed by atoms with Crippen molar-refractivity contribution in [2.75, 3.05) is 0 Å². The highest BCUT2D eigenvalue weighted by Gasteiger charge is 2.03. The molecule has 0 atom stereocenters. The molecule has 0 saturated carbocycles. The third kappa shape index (κ3) is 1.21. The number of H-pyrrole nitrogens is 1. The van der Waals surface area contributed by atoms with Crippen LogP contribution in [0.5, 0.6) is 0 Å². The van der Waals surface area contributed by atoms with Crippen molar-refractivity contribution in [1.29, 1.82) is 0 Å². The normalized spacial score (nSPS) is 10.5. The van der Waals surface area contributed by atoms with Gasteiger partial charge in [-0.05, 0) is 6.07 Å². The Morgan fingerprint density at radius 3 is 3.08 bits per heavy atom. The minimum atomic E-state index is -0.218. The molecular weight excluding hydrogens is 168 g/mol. The van der Waals surface area contributed by atoms with Gasteiger partial charge in [0, 0.05) is 18.5 Å². The fourth-order valence-electron chi connectivity index (χ4n) is 1.31. The SMILES string of the molecule is O=c1cc[nH]c2ccnc(CO)c12. The predicted octanol–water partition coefficient (Wildman–Crippen LogP) is 0.415. The van der Waals surface area contributed by atoms with Crippen LogP contribution < -0.4 is 5.43 Å². The lowest BCUT2D eigenvalue weighted by atomic mass is 10.2. The average Bonchev–Trinajstić information content (AvgIpc) is 2.17. The van der Waals surface area contributed by atoms with E-state index in [4.69, 9.17) is 5.11 Å². The van der Waals surface area contributed by atoms with Crippen molar-refractivity contribution >= 4 is 10.9 Å². The molecule has 2 aromatic rings. The molecule has 0 unspecified atom stereocenters. The molecule has 0 amide bonds. The first-order valence-electron chi connectivity index (χ1n) is 3.89. The third-order valence-corrected chi connectivity index (χ3v) is 1.90. The van der Waals surface area contributed by atoms with Gasteiger partial charge in [-0.1, -0.05) is 0 Å². The molecule has 0 fully saturated rings. The molecule has 0 radical (unpaired) electrons. The minimum absolute atomic E-state index is 0.120. The van der Waals surface area contributed by atoms with Gasteiger partial charge < -0.3 is 10.1 Å². The summed E-state index contributed by atoms with van der Waals surface area (Å²) in [4.78, 5) is 18.2. The van der Waals surface area contributed by atoms with Crippen molar-refractivity contribution in [1.82, 2.24) is 9.97 Å². The summed E-state index contributed by atoms with van der Waals surface area (Å²) in [6.07, 6.45) is 3.13. The molecule has 0 saturated heterocycles. The lowest BCUT2D eigenvalue weighted by Gasteiger charge is -2.00. The van der Waals surface area contributed by atoms with Crippen LogP contribution in [-0.4, -0.2) is 15.1 Å². The number of aromatic nitrogens is 2. The number of pyridine rings is 2. The molecule has 2 rings (SSSR count). The monoisotopic (exact) mass is 176 g/mol. The Morgan fingerprint density at radius 1 is 1.46 bits per heavy atom. The fourth-order valence-corrected chi connectivity index (χ4v) is 1.31. The summed E-state index contributed by atoms with van der Waals surface area (Å²) in [6, 6.07) is 3.12. The topological polar surface area (TPSA) is 66.0 Å². The van der Waals surface area contributed by atoms with Crippen LogP contribution in [0.2, 0.25) is 0 Å². The van der Waals surface area contributed by atoms with Gasteiger partial charge in [-0.15, -0.1) is 0 Å². The van der Waals surface area contributed by atoms with E-state index in [2.05, 4.69) is 9.97 Å². The smallest absolute Gasteiger partial charge is 0.191 e. The van der Waals surface area contributed by atoms with E-state index in [9.17, 15) is 4.79 Å². The summed E-state index contributed by atoms with van der Waals surface area (Å²) in [5.41, 5.74) is 0.997. The summed E-state index contributed by atoms with van der Waals surface area (Å²) in [5.74, 6) is 0. The first-order valence-corrected chi connectivity index (χ1v) is 3.89. The van der Waals surface area contributed by atoms with E-state index in [0.717, 1.165) is 0 Å². The molecule has 4 heteroatoms. The second kappa shape index (κ2) is 2.99. The van der Waals surface area contributed by atoms with Crippen LogP contribution >= 0.6 is 0 Å². The van der Waals surface area contributed by atoms with E-state index < -0.39 is 0 Å². The van der Waals surface area contributed by atoms with Gasteiger partial charge in [0.25, 0.3) is 0 Å². The van der Waals surface area contributed by atoms with Gasteiger partial charge in [0.05, 0.1) is 23.2 Å². The summed E-state index contributed by atoms with van der Waals surface area (Å²) in [7, 11) is 0.